The van der Waals surface area contributed by atoms with Crippen LogP contribution >= 0.6 is 7.82 Å². The molecular formula is C16H20N5O5P. The molecule has 0 spiro atoms. The third kappa shape index (κ3) is 2.83. The van der Waals surface area contributed by atoms with Crippen molar-refractivity contribution in [1.82, 2.24) is 14.6 Å². The van der Waals surface area contributed by atoms with E-state index in [0.717, 1.165) is 0 Å². The summed E-state index contributed by atoms with van der Waals surface area (Å²) in [6, 6.07) is 5.82. The zero-order valence-corrected chi connectivity index (χ0v) is 16.0. The van der Waals surface area contributed by atoms with E-state index in [1.165, 1.54) is 6.33 Å². The average Bonchev–Trinajstić information content (AvgIpc) is 3.15. The van der Waals surface area contributed by atoms with Gasteiger partial charge in [-0.3, -0.25) is 13.6 Å². The molecule has 10 nitrogen and oxygen atoms in total. The molecule has 0 radical (unpaired) electrons. The molecule has 4 heterocycles. The second kappa shape index (κ2) is 6.26. The lowest BCUT2D eigenvalue weighted by molar-refractivity contribution is -0.0640. The summed E-state index contributed by atoms with van der Waals surface area (Å²) in [5, 5.41) is 14.2. The van der Waals surface area contributed by atoms with Gasteiger partial charge in [-0.25, -0.2) is 14.1 Å². The van der Waals surface area contributed by atoms with Gasteiger partial charge < -0.3 is 10.5 Å². The maximum absolute atomic E-state index is 12.8. The van der Waals surface area contributed by atoms with Gasteiger partial charge in [0.15, 0.2) is 5.82 Å². The predicted octanol–water partition coefficient (Wildman–Crippen LogP) is 2.23. The second-order valence-electron chi connectivity index (χ2n) is 7.07. The van der Waals surface area contributed by atoms with Crippen molar-refractivity contribution in [3.63, 3.8) is 0 Å². The van der Waals surface area contributed by atoms with E-state index in [0.29, 0.717) is 17.0 Å². The van der Waals surface area contributed by atoms with Crippen LogP contribution in [0.15, 0.2) is 18.5 Å². The fourth-order valence-corrected chi connectivity index (χ4v) is 5.20. The fourth-order valence-electron chi connectivity index (χ4n) is 3.55. The molecule has 11 heteroatoms. The lowest BCUT2D eigenvalue weighted by atomic mass is 9.79. The Morgan fingerprint density at radius 3 is 3.00 bits per heavy atom. The summed E-state index contributed by atoms with van der Waals surface area (Å²) < 4.78 is 36.8. The highest BCUT2D eigenvalue weighted by atomic mass is 31.2. The fraction of sp³-hybridized carbons (Fsp3) is 0.562. The molecule has 4 rings (SSSR count). The third-order valence-corrected chi connectivity index (χ3v) is 6.41. The Labute approximate surface area is 155 Å². The molecule has 0 aromatic carbocycles. The van der Waals surface area contributed by atoms with Gasteiger partial charge in [-0.05, 0) is 32.9 Å². The highest BCUT2D eigenvalue weighted by molar-refractivity contribution is 7.48. The summed E-state index contributed by atoms with van der Waals surface area (Å²) >= 11 is 0. The van der Waals surface area contributed by atoms with Crippen LogP contribution < -0.4 is 5.73 Å². The summed E-state index contributed by atoms with van der Waals surface area (Å²) in [5.41, 5.74) is 5.99. The first-order valence-corrected chi connectivity index (χ1v) is 9.99. The number of nitrogens with zero attached hydrogens (tertiary/aromatic N) is 4. The Morgan fingerprint density at radius 1 is 1.52 bits per heavy atom. The Bertz CT molecular complexity index is 972. The van der Waals surface area contributed by atoms with E-state index in [2.05, 4.69) is 16.2 Å². The van der Waals surface area contributed by atoms with Crippen LogP contribution in [0, 0.1) is 16.7 Å². The number of anilines is 1. The second-order valence-corrected chi connectivity index (χ2v) is 8.65. The number of hydrogen-bond acceptors (Lipinski definition) is 9. The Balaban J connectivity index is 1.73. The van der Waals surface area contributed by atoms with E-state index < -0.39 is 31.5 Å². The number of phosphoric ester groups is 1. The third-order valence-electron chi connectivity index (χ3n) is 4.78. The van der Waals surface area contributed by atoms with Crippen molar-refractivity contribution in [2.75, 3.05) is 12.3 Å². The highest BCUT2D eigenvalue weighted by Gasteiger charge is 2.61. The molecule has 5 atom stereocenters. The van der Waals surface area contributed by atoms with Crippen LogP contribution in [0.5, 0.6) is 0 Å². The van der Waals surface area contributed by atoms with Gasteiger partial charge in [-0.1, -0.05) is 0 Å². The minimum atomic E-state index is -3.78. The number of fused-ring (bicyclic) bond motifs is 2. The van der Waals surface area contributed by atoms with E-state index in [9.17, 15) is 9.83 Å². The van der Waals surface area contributed by atoms with E-state index in [-0.39, 0.29) is 12.7 Å². The SMILES string of the molecule is CC(C)O[P@@]1(=O)OC[C@H]2O[C@@H](c3ccc4c(N)ncnn34)[C@](C)(C#N)[C@@H]2O1. The van der Waals surface area contributed by atoms with Crippen molar-refractivity contribution >= 4 is 19.2 Å². The van der Waals surface area contributed by atoms with Gasteiger partial charge in [-0.15, -0.1) is 0 Å². The average molecular weight is 393 g/mol. The molecule has 2 saturated heterocycles. The van der Waals surface area contributed by atoms with Crippen molar-refractivity contribution in [2.24, 2.45) is 5.41 Å². The lowest BCUT2D eigenvalue weighted by Gasteiger charge is -2.34. The first kappa shape index (κ1) is 18.3. The molecule has 2 N–H and O–H groups in total. The number of nitrogens with two attached hydrogens (primary N) is 1. The first-order valence-electron chi connectivity index (χ1n) is 8.53. The largest absolute Gasteiger partial charge is 0.475 e. The van der Waals surface area contributed by atoms with Crippen LogP contribution in [0.3, 0.4) is 0 Å². The zero-order valence-electron chi connectivity index (χ0n) is 15.1. The Morgan fingerprint density at radius 2 is 2.30 bits per heavy atom. The lowest BCUT2D eigenvalue weighted by Crippen LogP contribution is -2.42. The van der Waals surface area contributed by atoms with Crippen molar-refractivity contribution in [3.05, 3.63) is 24.2 Å². The standard InChI is InChI=1S/C16H20N5O5P/c1-9(2)25-27(22)23-6-12-14(26-27)16(3,7-17)13(24-12)10-4-5-11-15(18)19-8-20-21(10)11/h4-5,8-9,12-14H,6H2,1-3H3,(H2,18,19,20)/t12-,13+,14-,16+,27-/m1/s1. The molecule has 2 fully saturated rings. The monoisotopic (exact) mass is 393 g/mol. The molecule has 0 bridgehead atoms. The van der Waals surface area contributed by atoms with Gasteiger partial charge in [0.2, 0.25) is 0 Å². The smallest absolute Gasteiger partial charge is 0.382 e. The number of nitriles is 1. The molecule has 144 valence electrons. The van der Waals surface area contributed by atoms with Crippen LogP contribution in [0.25, 0.3) is 5.52 Å². The van der Waals surface area contributed by atoms with Crippen molar-refractivity contribution in [2.45, 2.75) is 45.2 Å². The summed E-state index contributed by atoms with van der Waals surface area (Å²) in [6.45, 7) is 5.17. The van der Waals surface area contributed by atoms with Gasteiger partial charge in [0.1, 0.15) is 35.6 Å². The normalized spacial score (nSPS) is 36.0. The zero-order chi connectivity index (χ0) is 19.4. The van der Waals surface area contributed by atoms with E-state index in [1.807, 2.05) is 0 Å². The number of phosphoric acid groups is 1. The Kier molecular flexibility index (Phi) is 4.25. The number of hydrogen-bond donors (Lipinski definition) is 1. The van der Waals surface area contributed by atoms with Gasteiger partial charge in [0.25, 0.3) is 0 Å². The van der Waals surface area contributed by atoms with Crippen LogP contribution in [0.1, 0.15) is 32.6 Å². The van der Waals surface area contributed by atoms with Crippen molar-refractivity contribution in [1.29, 1.82) is 5.26 Å². The van der Waals surface area contributed by atoms with Crippen molar-refractivity contribution in [3.8, 4) is 6.07 Å². The summed E-state index contributed by atoms with van der Waals surface area (Å²) in [5.74, 6) is 0.319. The number of rotatable bonds is 3. The van der Waals surface area contributed by atoms with E-state index in [4.69, 9.17) is 24.0 Å². The molecule has 0 amide bonds. The molecule has 27 heavy (non-hydrogen) atoms. The quantitative estimate of drug-likeness (QED) is 0.779. The Hall–Kier alpha value is -2.02. The summed E-state index contributed by atoms with van der Waals surface area (Å²) in [6.07, 6.45) is -1.06. The number of ether oxygens (including phenoxy) is 1. The maximum Gasteiger partial charge on any atom is 0.475 e. The van der Waals surface area contributed by atoms with E-state index >= 15 is 0 Å². The van der Waals surface area contributed by atoms with Crippen LogP contribution in [0.4, 0.5) is 5.82 Å². The first-order chi connectivity index (χ1) is 12.8. The molecular weight excluding hydrogens is 373 g/mol. The van der Waals surface area contributed by atoms with Gasteiger partial charge in [0.05, 0.1) is 24.5 Å². The summed E-state index contributed by atoms with van der Waals surface area (Å²) in [4.78, 5) is 3.96. The minimum Gasteiger partial charge on any atom is -0.382 e. The highest BCUT2D eigenvalue weighted by Crippen LogP contribution is 2.62. The molecule has 2 aliphatic heterocycles. The molecule has 2 aromatic heterocycles. The molecule has 2 aliphatic rings. The molecule has 0 unspecified atom stereocenters. The van der Waals surface area contributed by atoms with Crippen LogP contribution in [0.2, 0.25) is 0 Å². The van der Waals surface area contributed by atoms with Gasteiger partial charge in [0, 0.05) is 0 Å². The minimum absolute atomic E-state index is 0.00284. The van der Waals surface area contributed by atoms with Gasteiger partial charge >= 0.3 is 7.82 Å². The number of nitrogen functional groups attached to an aromatic ring is 1. The predicted molar refractivity (Wildman–Crippen MR) is 93.4 cm³/mol. The maximum atomic E-state index is 12.8. The van der Waals surface area contributed by atoms with Gasteiger partial charge in [-0.2, -0.15) is 10.4 Å². The molecule has 2 aromatic rings. The topological polar surface area (TPSA) is 134 Å². The van der Waals surface area contributed by atoms with Crippen molar-refractivity contribution < 1.29 is 22.9 Å². The van der Waals surface area contributed by atoms with E-state index in [1.54, 1.807) is 37.4 Å². The molecule has 0 aliphatic carbocycles. The van der Waals surface area contributed by atoms with Crippen LogP contribution in [-0.2, 0) is 22.9 Å². The van der Waals surface area contributed by atoms with Crippen LogP contribution in [-0.4, -0.2) is 39.5 Å². The summed E-state index contributed by atoms with van der Waals surface area (Å²) in [7, 11) is -3.78. The number of aromatic nitrogens is 3. The molecule has 0 saturated carbocycles.